The molecule has 110 valence electrons. The number of halogens is 2. The maximum Gasteiger partial charge on any atom is 0.257 e. The first-order valence-electron chi connectivity index (χ1n) is 6.67. The minimum absolute atomic E-state index is 0.228. The van der Waals surface area contributed by atoms with Gasteiger partial charge in [-0.1, -0.05) is 29.3 Å². The number of carbonyl (C=O) groups excluding carboxylic acids is 1. The normalized spacial score (nSPS) is 10.7. The van der Waals surface area contributed by atoms with Crippen molar-refractivity contribution in [3.05, 3.63) is 69.8 Å². The summed E-state index contributed by atoms with van der Waals surface area (Å²) in [5, 5.41) is 4.83. The van der Waals surface area contributed by atoms with Crippen molar-refractivity contribution in [1.29, 1.82) is 0 Å². The summed E-state index contributed by atoms with van der Waals surface area (Å²) in [7, 11) is 0. The number of hydrogen-bond donors (Lipinski definition) is 1. The highest BCUT2D eigenvalue weighted by molar-refractivity contribution is 6.31. The average molecular weight is 331 g/mol. The molecular formula is C17H12Cl2N2O. The monoisotopic (exact) mass is 330 g/mol. The molecule has 0 saturated carbocycles. The molecule has 1 aromatic heterocycles. The number of aryl methyl sites for hydroxylation is 1. The molecule has 0 aliphatic heterocycles. The summed E-state index contributed by atoms with van der Waals surface area (Å²) in [4.78, 5) is 16.9. The van der Waals surface area contributed by atoms with Crippen LogP contribution >= 0.6 is 23.2 Å². The van der Waals surface area contributed by atoms with Gasteiger partial charge in [0.25, 0.3) is 5.91 Å². The Morgan fingerprint density at radius 3 is 2.59 bits per heavy atom. The molecule has 0 saturated heterocycles. The lowest BCUT2D eigenvalue weighted by atomic mass is 10.1. The van der Waals surface area contributed by atoms with Crippen molar-refractivity contribution in [2.24, 2.45) is 0 Å². The lowest BCUT2D eigenvalue weighted by molar-refractivity contribution is 0.102. The van der Waals surface area contributed by atoms with E-state index in [9.17, 15) is 4.79 Å². The second-order valence-electron chi connectivity index (χ2n) is 4.92. The van der Waals surface area contributed by atoms with Gasteiger partial charge >= 0.3 is 0 Å². The minimum atomic E-state index is -0.228. The fourth-order valence-electron chi connectivity index (χ4n) is 2.24. The minimum Gasteiger partial charge on any atom is -0.322 e. The maximum absolute atomic E-state index is 12.4. The first kappa shape index (κ1) is 14.8. The van der Waals surface area contributed by atoms with Crippen molar-refractivity contribution in [2.45, 2.75) is 6.92 Å². The van der Waals surface area contributed by atoms with Gasteiger partial charge in [0.2, 0.25) is 0 Å². The van der Waals surface area contributed by atoms with Gasteiger partial charge in [0.15, 0.2) is 0 Å². The van der Waals surface area contributed by atoms with E-state index in [0.717, 1.165) is 10.9 Å². The first-order valence-corrected chi connectivity index (χ1v) is 7.42. The van der Waals surface area contributed by atoms with Crippen molar-refractivity contribution < 1.29 is 4.79 Å². The molecule has 0 fully saturated rings. The predicted octanol–water partition coefficient (Wildman–Crippen LogP) is 5.10. The number of fused-ring (bicyclic) bond motifs is 1. The van der Waals surface area contributed by atoms with Gasteiger partial charge in [-0.15, -0.1) is 0 Å². The zero-order chi connectivity index (χ0) is 15.7. The number of carbonyl (C=O) groups is 1. The Balaban J connectivity index is 1.98. The molecule has 0 atom stereocenters. The number of aromatic nitrogens is 1. The summed E-state index contributed by atoms with van der Waals surface area (Å²) in [5.41, 5.74) is 2.62. The third-order valence-electron chi connectivity index (χ3n) is 3.29. The fourth-order valence-corrected chi connectivity index (χ4v) is 2.61. The van der Waals surface area contributed by atoms with Crippen LogP contribution in [0.5, 0.6) is 0 Å². The van der Waals surface area contributed by atoms with Crippen molar-refractivity contribution >= 4 is 45.7 Å². The molecule has 22 heavy (non-hydrogen) atoms. The second kappa shape index (κ2) is 5.95. The summed E-state index contributed by atoms with van der Waals surface area (Å²) in [6.45, 7) is 1.81. The molecule has 0 aliphatic carbocycles. The number of nitrogens with zero attached hydrogens (tertiary/aromatic N) is 1. The highest BCUT2D eigenvalue weighted by Gasteiger charge is 2.12. The molecule has 3 rings (SSSR count). The molecule has 3 nitrogen and oxygen atoms in total. The van der Waals surface area contributed by atoms with E-state index in [4.69, 9.17) is 23.2 Å². The number of benzene rings is 2. The fraction of sp³-hybridized carbons (Fsp3) is 0.0588. The lowest BCUT2D eigenvalue weighted by Crippen LogP contribution is -2.14. The number of pyridine rings is 1. The molecule has 0 radical (unpaired) electrons. The number of nitrogens with one attached hydrogen (secondary N) is 1. The summed E-state index contributed by atoms with van der Waals surface area (Å²) < 4.78 is 0. The summed E-state index contributed by atoms with van der Waals surface area (Å²) in [6.07, 6.45) is 0. The Labute approximate surface area is 137 Å². The summed E-state index contributed by atoms with van der Waals surface area (Å²) in [5.74, 6) is -0.228. The van der Waals surface area contributed by atoms with E-state index < -0.39 is 0 Å². The first-order chi connectivity index (χ1) is 10.5. The Morgan fingerprint density at radius 1 is 1.05 bits per heavy atom. The van der Waals surface area contributed by atoms with E-state index in [1.807, 2.05) is 6.07 Å². The van der Waals surface area contributed by atoms with Gasteiger partial charge in [0, 0.05) is 21.1 Å². The molecule has 0 unspecified atom stereocenters. The zero-order valence-corrected chi connectivity index (χ0v) is 13.2. The second-order valence-corrected chi connectivity index (χ2v) is 5.80. The Morgan fingerprint density at radius 2 is 1.82 bits per heavy atom. The van der Waals surface area contributed by atoms with Crippen molar-refractivity contribution in [2.75, 3.05) is 5.32 Å². The van der Waals surface area contributed by atoms with Gasteiger partial charge in [-0.2, -0.15) is 0 Å². The molecule has 2 aromatic carbocycles. The third kappa shape index (κ3) is 3.06. The van der Waals surface area contributed by atoms with Crippen LogP contribution in [0, 0.1) is 6.92 Å². The van der Waals surface area contributed by atoms with Crippen molar-refractivity contribution in [3.63, 3.8) is 0 Å². The van der Waals surface area contributed by atoms with Crippen LogP contribution < -0.4 is 5.32 Å². The Hall–Kier alpha value is -2.10. The number of anilines is 1. The van der Waals surface area contributed by atoms with E-state index >= 15 is 0 Å². The molecule has 1 N–H and O–H groups in total. The smallest absolute Gasteiger partial charge is 0.257 e. The van der Waals surface area contributed by atoms with E-state index in [2.05, 4.69) is 10.3 Å². The largest absolute Gasteiger partial charge is 0.322 e. The number of hydrogen-bond acceptors (Lipinski definition) is 2. The molecule has 0 bridgehead atoms. The van der Waals surface area contributed by atoms with Crippen LogP contribution in [-0.4, -0.2) is 10.9 Å². The summed E-state index contributed by atoms with van der Waals surface area (Å²) >= 11 is 11.9. The van der Waals surface area contributed by atoms with Crippen LogP contribution in [0.4, 0.5) is 5.69 Å². The molecular weight excluding hydrogens is 319 g/mol. The van der Waals surface area contributed by atoms with Gasteiger partial charge in [0.1, 0.15) is 0 Å². The van der Waals surface area contributed by atoms with Gasteiger partial charge in [-0.05, 0) is 49.4 Å². The Bertz CT molecular complexity index is 878. The van der Waals surface area contributed by atoms with E-state index in [1.54, 1.807) is 49.4 Å². The van der Waals surface area contributed by atoms with Gasteiger partial charge in [-0.25, -0.2) is 0 Å². The molecule has 5 heteroatoms. The predicted molar refractivity (Wildman–Crippen MR) is 90.9 cm³/mol. The Kier molecular flexibility index (Phi) is 4.01. The molecule has 1 amide bonds. The SMILES string of the molecule is Cc1nc2ccc(Cl)cc2cc1C(=O)Nc1cccc(Cl)c1. The maximum atomic E-state index is 12.4. The van der Waals surface area contributed by atoms with Gasteiger partial charge < -0.3 is 5.32 Å². The molecule has 3 aromatic rings. The van der Waals surface area contributed by atoms with E-state index in [1.165, 1.54) is 0 Å². The highest BCUT2D eigenvalue weighted by Crippen LogP contribution is 2.22. The molecule has 1 heterocycles. The number of rotatable bonds is 2. The van der Waals surface area contributed by atoms with Crippen LogP contribution in [0.25, 0.3) is 10.9 Å². The highest BCUT2D eigenvalue weighted by atomic mass is 35.5. The third-order valence-corrected chi connectivity index (χ3v) is 3.76. The topological polar surface area (TPSA) is 42.0 Å². The lowest BCUT2D eigenvalue weighted by Gasteiger charge is -2.09. The molecule has 0 spiro atoms. The van der Waals surface area contributed by atoms with Crippen LogP contribution in [0.15, 0.2) is 48.5 Å². The van der Waals surface area contributed by atoms with Crippen molar-refractivity contribution in [3.8, 4) is 0 Å². The van der Waals surface area contributed by atoms with Crippen LogP contribution in [0.1, 0.15) is 16.1 Å². The summed E-state index contributed by atoms with van der Waals surface area (Å²) in [6, 6.07) is 14.2. The van der Waals surface area contributed by atoms with Crippen LogP contribution in [0.3, 0.4) is 0 Å². The van der Waals surface area contributed by atoms with Crippen molar-refractivity contribution in [1.82, 2.24) is 4.98 Å². The standard InChI is InChI=1S/C17H12Cl2N2O/c1-10-15(8-11-7-13(19)5-6-16(11)20-10)17(22)21-14-4-2-3-12(18)9-14/h2-9H,1H3,(H,21,22). The van der Waals surface area contributed by atoms with Crippen LogP contribution in [0.2, 0.25) is 10.0 Å². The average Bonchev–Trinajstić information content (AvgIpc) is 2.47. The van der Waals surface area contributed by atoms with Crippen LogP contribution in [-0.2, 0) is 0 Å². The zero-order valence-electron chi connectivity index (χ0n) is 11.7. The van der Waals surface area contributed by atoms with E-state index in [0.29, 0.717) is 27.0 Å². The quantitative estimate of drug-likeness (QED) is 0.710. The molecule has 0 aliphatic rings. The van der Waals surface area contributed by atoms with E-state index in [-0.39, 0.29) is 5.91 Å². The number of amides is 1. The van der Waals surface area contributed by atoms with Gasteiger partial charge in [-0.3, -0.25) is 9.78 Å². The van der Waals surface area contributed by atoms with Gasteiger partial charge in [0.05, 0.1) is 16.8 Å².